The molecule has 1 atom stereocenters. The van der Waals surface area contributed by atoms with Crippen LogP contribution in [-0.2, 0) is 19.5 Å². The van der Waals surface area contributed by atoms with E-state index in [-0.39, 0.29) is 0 Å². The van der Waals surface area contributed by atoms with E-state index in [4.69, 9.17) is 0 Å². The predicted molar refractivity (Wildman–Crippen MR) is 73.5 cm³/mol. The van der Waals surface area contributed by atoms with Crippen molar-refractivity contribution in [3.05, 3.63) is 64.7 Å². The second-order valence-electron chi connectivity index (χ2n) is 5.19. The zero-order valence-electron chi connectivity index (χ0n) is 10.2. The lowest BCUT2D eigenvalue weighted by Gasteiger charge is -2.13. The topological polar surface area (TPSA) is 24.1 Å². The highest BCUT2D eigenvalue weighted by Gasteiger charge is 2.22. The van der Waals surface area contributed by atoms with Gasteiger partial charge in [0.1, 0.15) is 0 Å². The highest BCUT2D eigenvalue weighted by atomic mass is 14.9. The molecule has 18 heavy (non-hydrogen) atoms. The molecule has 90 valence electrons. The lowest BCUT2D eigenvalue weighted by molar-refractivity contribution is 0.764. The Bertz CT molecular complexity index is 579. The number of benzene rings is 2. The average Bonchev–Trinajstić information content (AvgIpc) is 3.04. The van der Waals surface area contributed by atoms with Crippen LogP contribution < -0.4 is 10.6 Å². The van der Waals surface area contributed by atoms with Gasteiger partial charge in [-0.1, -0.05) is 36.4 Å². The van der Waals surface area contributed by atoms with Gasteiger partial charge < -0.3 is 10.6 Å². The number of nitrogens with one attached hydrogen (secondary N) is 2. The minimum absolute atomic E-state index is 0.438. The quantitative estimate of drug-likeness (QED) is 0.795. The Kier molecular flexibility index (Phi) is 2.17. The molecular weight excluding hydrogens is 220 g/mol. The molecule has 2 nitrogen and oxygen atoms in total. The van der Waals surface area contributed by atoms with Crippen molar-refractivity contribution in [2.75, 3.05) is 5.32 Å². The molecule has 0 saturated heterocycles. The van der Waals surface area contributed by atoms with E-state index >= 15 is 0 Å². The Balaban J connectivity index is 1.66. The van der Waals surface area contributed by atoms with Crippen LogP contribution in [0, 0.1) is 0 Å². The Labute approximate surface area is 107 Å². The van der Waals surface area contributed by atoms with Gasteiger partial charge in [-0.25, -0.2) is 0 Å². The molecule has 1 unspecified atom stereocenters. The van der Waals surface area contributed by atoms with E-state index in [9.17, 15) is 0 Å². The SMILES string of the molecule is c1ccc2c(c1)CC(c1ccc3c(c1)CNC3)N2. The second kappa shape index (κ2) is 3.85. The summed E-state index contributed by atoms with van der Waals surface area (Å²) in [6.07, 6.45) is 1.10. The number of hydrogen-bond acceptors (Lipinski definition) is 2. The summed E-state index contributed by atoms with van der Waals surface area (Å²) in [5.41, 5.74) is 7.05. The molecule has 0 aromatic heterocycles. The first kappa shape index (κ1) is 10.2. The van der Waals surface area contributed by atoms with Gasteiger partial charge in [-0.2, -0.15) is 0 Å². The maximum absolute atomic E-state index is 3.62. The number of fused-ring (bicyclic) bond motifs is 2. The summed E-state index contributed by atoms with van der Waals surface area (Å²) in [6, 6.07) is 16.0. The first-order valence-electron chi connectivity index (χ1n) is 6.57. The lowest BCUT2D eigenvalue weighted by Crippen LogP contribution is -2.06. The van der Waals surface area contributed by atoms with Gasteiger partial charge >= 0.3 is 0 Å². The van der Waals surface area contributed by atoms with Crippen molar-refractivity contribution in [2.45, 2.75) is 25.6 Å². The normalized spacial score (nSPS) is 20.3. The van der Waals surface area contributed by atoms with Crippen LogP contribution >= 0.6 is 0 Å². The van der Waals surface area contributed by atoms with Crippen molar-refractivity contribution in [2.24, 2.45) is 0 Å². The summed E-state index contributed by atoms with van der Waals surface area (Å²) < 4.78 is 0. The van der Waals surface area contributed by atoms with Crippen LogP contribution in [-0.4, -0.2) is 0 Å². The molecule has 0 amide bonds. The van der Waals surface area contributed by atoms with Gasteiger partial charge in [0.05, 0.1) is 6.04 Å². The van der Waals surface area contributed by atoms with Crippen molar-refractivity contribution >= 4 is 5.69 Å². The Morgan fingerprint density at radius 1 is 0.889 bits per heavy atom. The molecule has 0 spiro atoms. The highest BCUT2D eigenvalue weighted by Crippen LogP contribution is 2.34. The van der Waals surface area contributed by atoms with E-state index in [0.717, 1.165) is 19.5 Å². The summed E-state index contributed by atoms with van der Waals surface area (Å²) in [6.45, 7) is 2.04. The van der Waals surface area contributed by atoms with Gasteiger partial charge in [-0.05, 0) is 34.7 Å². The van der Waals surface area contributed by atoms with Crippen LogP contribution in [0.25, 0.3) is 0 Å². The number of anilines is 1. The molecule has 0 saturated carbocycles. The molecule has 2 heterocycles. The fourth-order valence-electron chi connectivity index (χ4n) is 3.03. The van der Waals surface area contributed by atoms with Crippen LogP contribution in [0.2, 0.25) is 0 Å². The molecule has 2 aliphatic rings. The fraction of sp³-hybridized carbons (Fsp3) is 0.250. The minimum Gasteiger partial charge on any atom is -0.378 e. The summed E-state index contributed by atoms with van der Waals surface area (Å²) in [4.78, 5) is 0. The summed E-state index contributed by atoms with van der Waals surface area (Å²) in [5, 5.41) is 7.02. The maximum atomic E-state index is 3.62. The van der Waals surface area contributed by atoms with Gasteiger partial charge in [0.25, 0.3) is 0 Å². The van der Waals surface area contributed by atoms with E-state index in [2.05, 4.69) is 53.1 Å². The molecule has 2 N–H and O–H groups in total. The molecule has 2 aromatic carbocycles. The zero-order valence-corrected chi connectivity index (χ0v) is 10.2. The largest absolute Gasteiger partial charge is 0.378 e. The number of hydrogen-bond donors (Lipinski definition) is 2. The molecule has 0 fully saturated rings. The second-order valence-corrected chi connectivity index (χ2v) is 5.19. The molecule has 2 aliphatic heterocycles. The van der Waals surface area contributed by atoms with Crippen molar-refractivity contribution in [1.29, 1.82) is 0 Å². The molecule has 2 heteroatoms. The highest BCUT2D eigenvalue weighted by molar-refractivity contribution is 5.58. The third-order valence-corrected chi connectivity index (χ3v) is 4.03. The van der Waals surface area contributed by atoms with Crippen LogP contribution in [0.3, 0.4) is 0 Å². The van der Waals surface area contributed by atoms with Crippen LogP contribution in [0.5, 0.6) is 0 Å². The average molecular weight is 236 g/mol. The Hall–Kier alpha value is -1.80. The van der Waals surface area contributed by atoms with Gasteiger partial charge in [-0.15, -0.1) is 0 Å². The molecule has 0 bridgehead atoms. The van der Waals surface area contributed by atoms with Crippen LogP contribution in [0.1, 0.15) is 28.3 Å². The number of para-hydroxylation sites is 1. The van der Waals surface area contributed by atoms with E-state index in [0.29, 0.717) is 6.04 Å². The number of rotatable bonds is 1. The molecule has 2 aromatic rings. The lowest BCUT2D eigenvalue weighted by atomic mass is 9.99. The fourth-order valence-corrected chi connectivity index (χ4v) is 3.03. The van der Waals surface area contributed by atoms with Crippen LogP contribution in [0.15, 0.2) is 42.5 Å². The van der Waals surface area contributed by atoms with Crippen LogP contribution in [0.4, 0.5) is 5.69 Å². The maximum Gasteiger partial charge on any atom is 0.0555 e. The Morgan fingerprint density at radius 2 is 1.78 bits per heavy atom. The standard InChI is InChI=1S/C16H16N2/c1-2-4-15-11(3-1)8-16(18-15)12-5-6-13-9-17-10-14(13)7-12/h1-7,16-18H,8-10H2. The summed E-state index contributed by atoms with van der Waals surface area (Å²) >= 11 is 0. The van der Waals surface area contributed by atoms with Gasteiger partial charge in [-0.3, -0.25) is 0 Å². The summed E-state index contributed by atoms with van der Waals surface area (Å²) in [5.74, 6) is 0. The van der Waals surface area contributed by atoms with Crippen molar-refractivity contribution in [3.8, 4) is 0 Å². The van der Waals surface area contributed by atoms with E-state index in [1.165, 1.54) is 27.9 Å². The smallest absolute Gasteiger partial charge is 0.0555 e. The molecule has 4 rings (SSSR count). The predicted octanol–water partition coefficient (Wildman–Crippen LogP) is 3.00. The summed E-state index contributed by atoms with van der Waals surface area (Å²) in [7, 11) is 0. The van der Waals surface area contributed by atoms with E-state index < -0.39 is 0 Å². The van der Waals surface area contributed by atoms with Gasteiger partial charge in [0.15, 0.2) is 0 Å². The third kappa shape index (κ3) is 1.53. The van der Waals surface area contributed by atoms with Crippen molar-refractivity contribution < 1.29 is 0 Å². The van der Waals surface area contributed by atoms with Crippen molar-refractivity contribution in [1.82, 2.24) is 5.32 Å². The minimum atomic E-state index is 0.438. The van der Waals surface area contributed by atoms with Gasteiger partial charge in [0.2, 0.25) is 0 Å². The van der Waals surface area contributed by atoms with E-state index in [1.807, 2.05) is 0 Å². The molecule has 0 radical (unpaired) electrons. The zero-order chi connectivity index (χ0) is 11.9. The Morgan fingerprint density at radius 3 is 2.72 bits per heavy atom. The molecular formula is C16H16N2. The molecule has 0 aliphatic carbocycles. The third-order valence-electron chi connectivity index (χ3n) is 4.03. The van der Waals surface area contributed by atoms with Crippen molar-refractivity contribution in [3.63, 3.8) is 0 Å². The first-order chi connectivity index (χ1) is 8.90. The van der Waals surface area contributed by atoms with E-state index in [1.54, 1.807) is 0 Å². The first-order valence-corrected chi connectivity index (χ1v) is 6.57. The monoisotopic (exact) mass is 236 g/mol. The van der Waals surface area contributed by atoms with Gasteiger partial charge in [0, 0.05) is 18.8 Å².